The number of hydrogen-bond donors (Lipinski definition) is 2. The number of amides is 1. The minimum Gasteiger partial charge on any atom is -0.494 e. The molecule has 2 aromatic rings. The van der Waals surface area contributed by atoms with Crippen molar-refractivity contribution in [3.8, 4) is 5.88 Å². The van der Waals surface area contributed by atoms with Crippen LogP contribution in [0.15, 0.2) is 23.2 Å². The van der Waals surface area contributed by atoms with Crippen molar-refractivity contribution in [2.75, 3.05) is 38.6 Å². The predicted octanol–water partition coefficient (Wildman–Crippen LogP) is 1.54. The van der Waals surface area contributed by atoms with Crippen LogP contribution >= 0.6 is 0 Å². The first-order valence-corrected chi connectivity index (χ1v) is 8.55. The number of anilines is 1. The Labute approximate surface area is 145 Å². The molecular formula is C18H22N4O3. The number of ether oxygens (including phenoxy) is 1. The highest BCUT2D eigenvalue weighted by atomic mass is 16.5. The van der Waals surface area contributed by atoms with E-state index in [0.717, 1.165) is 23.0 Å². The third-order valence-corrected chi connectivity index (χ3v) is 5.04. The van der Waals surface area contributed by atoms with Gasteiger partial charge in [-0.3, -0.25) is 9.79 Å². The van der Waals surface area contributed by atoms with Crippen LogP contribution in [0.1, 0.15) is 24.9 Å². The molecule has 3 N–H and O–H groups in total. The van der Waals surface area contributed by atoms with Gasteiger partial charge in [0.2, 0.25) is 11.8 Å². The highest BCUT2D eigenvalue weighted by Crippen LogP contribution is 2.38. The second-order valence-corrected chi connectivity index (χ2v) is 6.63. The monoisotopic (exact) mass is 342 g/mol. The van der Waals surface area contributed by atoms with Crippen LogP contribution in [-0.2, 0) is 9.53 Å². The number of hydrogen-bond acceptors (Lipinski definition) is 5. The van der Waals surface area contributed by atoms with Crippen LogP contribution in [0.5, 0.6) is 5.88 Å². The van der Waals surface area contributed by atoms with Gasteiger partial charge in [-0.2, -0.15) is 0 Å². The molecule has 0 spiro atoms. The first-order valence-electron chi connectivity index (χ1n) is 8.55. The van der Waals surface area contributed by atoms with Crippen molar-refractivity contribution in [2.24, 2.45) is 4.99 Å². The molecule has 0 unspecified atom stereocenters. The summed E-state index contributed by atoms with van der Waals surface area (Å²) in [5, 5.41) is 11.9. The molecule has 4 rings (SSSR count). The molecular weight excluding hydrogens is 320 g/mol. The fourth-order valence-corrected chi connectivity index (χ4v) is 3.82. The Morgan fingerprint density at radius 3 is 2.96 bits per heavy atom. The molecule has 1 aromatic heterocycles. The molecule has 132 valence electrons. The van der Waals surface area contributed by atoms with Crippen LogP contribution < -0.4 is 5.73 Å². The zero-order valence-electron chi connectivity index (χ0n) is 14.2. The van der Waals surface area contributed by atoms with Crippen molar-refractivity contribution < 1.29 is 14.6 Å². The van der Waals surface area contributed by atoms with Gasteiger partial charge in [-0.25, -0.2) is 0 Å². The van der Waals surface area contributed by atoms with Gasteiger partial charge in [0.05, 0.1) is 42.6 Å². The topological polar surface area (TPSA) is 93.1 Å². The molecule has 1 amide bonds. The third-order valence-electron chi connectivity index (χ3n) is 5.04. The molecule has 7 nitrogen and oxygen atoms in total. The Morgan fingerprint density at radius 2 is 2.28 bits per heavy atom. The lowest BCUT2D eigenvalue weighted by molar-refractivity contribution is -0.127. The van der Waals surface area contributed by atoms with Crippen LogP contribution in [0.25, 0.3) is 10.9 Å². The van der Waals surface area contributed by atoms with Gasteiger partial charge in [0, 0.05) is 31.1 Å². The van der Waals surface area contributed by atoms with Crippen molar-refractivity contribution in [1.29, 1.82) is 0 Å². The summed E-state index contributed by atoms with van der Waals surface area (Å²) in [4.78, 5) is 18.0. The SMILES string of the molecule is CC(=O)N1CC[C@H](n2c(O)c(C3=NCCOC3)c3cc(N)ccc32)C1. The number of carbonyl (C=O) groups excluding carboxylic acids is 1. The smallest absolute Gasteiger partial charge is 0.219 e. The van der Waals surface area contributed by atoms with E-state index in [2.05, 4.69) is 4.99 Å². The van der Waals surface area contributed by atoms with Gasteiger partial charge in [0.15, 0.2) is 0 Å². The van der Waals surface area contributed by atoms with Crippen LogP contribution in [0.2, 0.25) is 0 Å². The van der Waals surface area contributed by atoms with Crippen molar-refractivity contribution in [3.63, 3.8) is 0 Å². The van der Waals surface area contributed by atoms with Gasteiger partial charge < -0.3 is 25.0 Å². The molecule has 3 heterocycles. The summed E-state index contributed by atoms with van der Waals surface area (Å²) in [6.45, 7) is 4.45. The number of nitrogens with two attached hydrogens (primary N) is 1. The lowest BCUT2D eigenvalue weighted by Crippen LogP contribution is -2.26. The fourth-order valence-electron chi connectivity index (χ4n) is 3.82. The number of aliphatic imine (C=N–C) groups is 1. The summed E-state index contributed by atoms with van der Waals surface area (Å²) in [7, 11) is 0. The average Bonchev–Trinajstić information content (AvgIpc) is 3.17. The van der Waals surface area contributed by atoms with E-state index in [0.29, 0.717) is 44.1 Å². The number of likely N-dealkylation sites (tertiary alicyclic amines) is 1. The summed E-state index contributed by atoms with van der Waals surface area (Å²) in [6, 6.07) is 5.66. The molecule has 7 heteroatoms. The molecule has 1 atom stereocenters. The quantitative estimate of drug-likeness (QED) is 0.810. The number of rotatable bonds is 2. The lowest BCUT2D eigenvalue weighted by Gasteiger charge is -2.17. The summed E-state index contributed by atoms with van der Waals surface area (Å²) in [5.41, 5.74) is 8.98. The summed E-state index contributed by atoms with van der Waals surface area (Å²) in [5.74, 6) is 0.244. The van der Waals surface area contributed by atoms with Gasteiger partial charge in [-0.15, -0.1) is 0 Å². The molecule has 1 fully saturated rings. The molecule has 1 saturated heterocycles. The van der Waals surface area contributed by atoms with Gasteiger partial charge >= 0.3 is 0 Å². The Kier molecular flexibility index (Phi) is 3.88. The highest BCUT2D eigenvalue weighted by Gasteiger charge is 2.31. The maximum absolute atomic E-state index is 11.7. The van der Waals surface area contributed by atoms with E-state index in [-0.39, 0.29) is 17.8 Å². The summed E-state index contributed by atoms with van der Waals surface area (Å²) in [6.07, 6.45) is 0.809. The van der Waals surface area contributed by atoms with E-state index < -0.39 is 0 Å². The van der Waals surface area contributed by atoms with Crippen LogP contribution in [0.4, 0.5) is 5.69 Å². The molecule has 0 aliphatic carbocycles. The van der Waals surface area contributed by atoms with Gasteiger partial charge in [0.1, 0.15) is 0 Å². The Morgan fingerprint density at radius 1 is 1.44 bits per heavy atom. The van der Waals surface area contributed by atoms with Gasteiger partial charge in [-0.05, 0) is 24.6 Å². The zero-order valence-corrected chi connectivity index (χ0v) is 14.2. The molecule has 0 radical (unpaired) electrons. The van der Waals surface area contributed by atoms with E-state index in [1.165, 1.54) is 0 Å². The molecule has 0 bridgehead atoms. The standard InChI is InChI=1S/C18H22N4O3/c1-11(23)21-6-4-13(9-21)22-16-3-2-12(19)8-14(16)17(18(22)24)15-10-25-7-5-20-15/h2-3,8,13,24H,4-7,9-10,19H2,1H3/t13-/m0/s1. The van der Waals surface area contributed by atoms with Crippen molar-refractivity contribution in [1.82, 2.24) is 9.47 Å². The summed E-state index contributed by atoms with van der Waals surface area (Å²) < 4.78 is 7.44. The normalized spacial score (nSPS) is 20.9. The number of nitrogen functional groups attached to an aromatic ring is 1. The average molecular weight is 342 g/mol. The van der Waals surface area contributed by atoms with E-state index in [1.54, 1.807) is 6.92 Å². The minimum absolute atomic E-state index is 0.0360. The van der Waals surface area contributed by atoms with E-state index in [1.807, 2.05) is 27.7 Å². The first kappa shape index (κ1) is 16.0. The number of aromatic hydroxyl groups is 1. The van der Waals surface area contributed by atoms with E-state index in [4.69, 9.17) is 10.5 Å². The van der Waals surface area contributed by atoms with Crippen LogP contribution in [0.3, 0.4) is 0 Å². The molecule has 1 aromatic carbocycles. The zero-order chi connectivity index (χ0) is 17.6. The van der Waals surface area contributed by atoms with Gasteiger partial charge in [-0.1, -0.05) is 0 Å². The molecule has 0 saturated carbocycles. The van der Waals surface area contributed by atoms with E-state index >= 15 is 0 Å². The minimum atomic E-state index is 0.0360. The Hall–Kier alpha value is -2.54. The number of aromatic nitrogens is 1. The largest absolute Gasteiger partial charge is 0.494 e. The summed E-state index contributed by atoms with van der Waals surface area (Å²) >= 11 is 0. The van der Waals surface area contributed by atoms with E-state index in [9.17, 15) is 9.90 Å². The van der Waals surface area contributed by atoms with Crippen molar-refractivity contribution in [2.45, 2.75) is 19.4 Å². The van der Waals surface area contributed by atoms with Crippen molar-refractivity contribution in [3.05, 3.63) is 23.8 Å². The number of fused-ring (bicyclic) bond motifs is 1. The number of carbonyl (C=O) groups is 1. The third kappa shape index (κ3) is 2.64. The number of benzene rings is 1. The second kappa shape index (κ2) is 6.07. The van der Waals surface area contributed by atoms with Crippen LogP contribution in [0, 0.1) is 0 Å². The first-order chi connectivity index (χ1) is 12.1. The molecule has 2 aliphatic rings. The highest BCUT2D eigenvalue weighted by molar-refractivity contribution is 6.14. The van der Waals surface area contributed by atoms with Gasteiger partial charge in [0.25, 0.3) is 0 Å². The maximum Gasteiger partial charge on any atom is 0.219 e. The second-order valence-electron chi connectivity index (χ2n) is 6.63. The number of nitrogens with zero attached hydrogens (tertiary/aromatic N) is 3. The van der Waals surface area contributed by atoms with Crippen molar-refractivity contribution >= 4 is 28.2 Å². The molecule has 25 heavy (non-hydrogen) atoms. The predicted molar refractivity (Wildman–Crippen MR) is 96.1 cm³/mol. The van der Waals surface area contributed by atoms with Crippen LogP contribution in [-0.4, -0.2) is 59.0 Å². The lowest BCUT2D eigenvalue weighted by atomic mass is 10.1. The fraction of sp³-hybridized carbons (Fsp3) is 0.444. The molecule has 2 aliphatic heterocycles. The Balaban J connectivity index is 1.86. The maximum atomic E-state index is 11.7. The Bertz CT molecular complexity index is 871.